The Balaban J connectivity index is 1.86. The number of amides is 1. The van der Waals surface area contributed by atoms with Crippen molar-refractivity contribution >= 4 is 54.4 Å². The van der Waals surface area contributed by atoms with Crippen LogP contribution in [0.5, 0.6) is 5.75 Å². The molecule has 0 saturated heterocycles. The summed E-state index contributed by atoms with van der Waals surface area (Å²) >= 11 is 6.74. The number of rotatable bonds is 4. The average Bonchev–Trinajstić information content (AvgIpc) is 3.00. The second kappa shape index (κ2) is 7.41. The zero-order valence-electron chi connectivity index (χ0n) is 13.3. The van der Waals surface area contributed by atoms with E-state index in [9.17, 15) is 9.90 Å². The van der Waals surface area contributed by atoms with E-state index in [1.165, 1.54) is 6.07 Å². The second-order valence-electron chi connectivity index (χ2n) is 5.43. The van der Waals surface area contributed by atoms with Crippen molar-refractivity contribution in [1.82, 2.24) is 10.4 Å². The SMILES string of the molecule is CC/C(=N\NC(=O)c1cc(Br)ccc1O)c1cc2cc(Br)ccc2[nH]1. The van der Waals surface area contributed by atoms with Gasteiger partial charge in [0.15, 0.2) is 0 Å². The summed E-state index contributed by atoms with van der Waals surface area (Å²) in [5, 5.41) is 15.1. The lowest BCUT2D eigenvalue weighted by Gasteiger charge is -2.05. The number of H-pyrrole nitrogens is 1. The van der Waals surface area contributed by atoms with Crippen molar-refractivity contribution in [3.63, 3.8) is 0 Å². The van der Waals surface area contributed by atoms with Crippen molar-refractivity contribution in [1.29, 1.82) is 0 Å². The number of benzene rings is 2. The molecule has 1 heterocycles. The lowest BCUT2D eigenvalue weighted by molar-refractivity contribution is 0.0952. The first-order valence-corrected chi connectivity index (χ1v) is 9.20. The molecule has 0 radical (unpaired) electrons. The Morgan fingerprint density at radius 3 is 2.64 bits per heavy atom. The van der Waals surface area contributed by atoms with Crippen molar-refractivity contribution in [3.8, 4) is 5.75 Å². The number of hydrogen-bond donors (Lipinski definition) is 3. The quantitative estimate of drug-likeness (QED) is 0.377. The maximum absolute atomic E-state index is 12.3. The highest BCUT2D eigenvalue weighted by Crippen LogP contribution is 2.23. The molecule has 7 heteroatoms. The summed E-state index contributed by atoms with van der Waals surface area (Å²) in [6.07, 6.45) is 0.638. The Morgan fingerprint density at radius 2 is 1.88 bits per heavy atom. The molecule has 1 amide bonds. The van der Waals surface area contributed by atoms with Crippen LogP contribution in [-0.2, 0) is 0 Å². The highest BCUT2D eigenvalue weighted by molar-refractivity contribution is 9.10. The van der Waals surface area contributed by atoms with Crippen LogP contribution in [0.2, 0.25) is 0 Å². The molecule has 3 N–H and O–H groups in total. The molecular formula is C18H15Br2N3O2. The predicted octanol–water partition coefficient (Wildman–Crippen LogP) is 4.94. The van der Waals surface area contributed by atoms with Crippen molar-refractivity contribution in [3.05, 3.63) is 62.7 Å². The molecule has 0 spiro atoms. The molecule has 2 aromatic carbocycles. The van der Waals surface area contributed by atoms with Gasteiger partial charge in [0, 0.05) is 19.8 Å². The molecule has 128 valence electrons. The van der Waals surface area contributed by atoms with E-state index in [-0.39, 0.29) is 11.3 Å². The summed E-state index contributed by atoms with van der Waals surface area (Å²) in [4.78, 5) is 15.6. The Bertz CT molecular complexity index is 980. The fourth-order valence-electron chi connectivity index (χ4n) is 2.46. The van der Waals surface area contributed by atoms with Gasteiger partial charge in [-0.3, -0.25) is 4.79 Å². The number of carbonyl (C=O) groups is 1. The fraction of sp³-hybridized carbons (Fsp3) is 0.111. The first-order valence-electron chi connectivity index (χ1n) is 7.62. The molecule has 3 rings (SSSR count). The van der Waals surface area contributed by atoms with E-state index in [2.05, 4.69) is 47.4 Å². The van der Waals surface area contributed by atoms with E-state index in [4.69, 9.17) is 0 Å². The topological polar surface area (TPSA) is 77.5 Å². The van der Waals surface area contributed by atoms with Crippen LogP contribution in [0.15, 0.2) is 56.5 Å². The van der Waals surface area contributed by atoms with E-state index >= 15 is 0 Å². The summed E-state index contributed by atoms with van der Waals surface area (Å²) < 4.78 is 1.70. The lowest BCUT2D eigenvalue weighted by atomic mass is 10.2. The standard InChI is InChI=1S/C18H15Br2N3O2/c1-2-14(16-8-10-7-11(19)3-5-15(10)21-16)22-23-18(25)13-9-12(20)4-6-17(13)24/h3-9,21,24H,2H2,1H3,(H,23,25)/b22-14+. The molecule has 0 aliphatic rings. The predicted molar refractivity (Wildman–Crippen MR) is 106 cm³/mol. The molecule has 5 nitrogen and oxygen atoms in total. The van der Waals surface area contributed by atoms with Crippen molar-refractivity contribution < 1.29 is 9.90 Å². The van der Waals surface area contributed by atoms with Crippen LogP contribution in [-0.4, -0.2) is 21.7 Å². The third kappa shape index (κ3) is 3.93. The Labute approximate surface area is 161 Å². The highest BCUT2D eigenvalue weighted by Gasteiger charge is 2.12. The van der Waals surface area contributed by atoms with Gasteiger partial charge in [0.2, 0.25) is 0 Å². The minimum atomic E-state index is -0.469. The zero-order chi connectivity index (χ0) is 18.0. The number of phenolic OH excluding ortho intramolecular Hbond substituents is 1. The van der Waals surface area contributed by atoms with Gasteiger partial charge in [-0.05, 0) is 48.9 Å². The Kier molecular flexibility index (Phi) is 5.24. The summed E-state index contributed by atoms with van der Waals surface area (Å²) in [7, 11) is 0. The molecule has 25 heavy (non-hydrogen) atoms. The number of carbonyl (C=O) groups excluding carboxylic acids is 1. The van der Waals surface area contributed by atoms with E-state index in [0.29, 0.717) is 10.9 Å². The molecule has 1 aromatic heterocycles. The summed E-state index contributed by atoms with van der Waals surface area (Å²) in [5.74, 6) is -0.562. The number of aromatic nitrogens is 1. The largest absolute Gasteiger partial charge is 0.507 e. The van der Waals surface area contributed by atoms with Crippen LogP contribution in [0.25, 0.3) is 10.9 Å². The van der Waals surface area contributed by atoms with Crippen LogP contribution in [0, 0.1) is 0 Å². The number of halogens is 2. The highest BCUT2D eigenvalue weighted by atomic mass is 79.9. The maximum Gasteiger partial charge on any atom is 0.275 e. The molecule has 0 aliphatic heterocycles. The van der Waals surface area contributed by atoms with E-state index in [1.807, 2.05) is 31.2 Å². The number of fused-ring (bicyclic) bond motifs is 1. The summed E-state index contributed by atoms with van der Waals surface area (Å²) in [6, 6.07) is 12.6. The second-order valence-corrected chi connectivity index (χ2v) is 7.26. The van der Waals surface area contributed by atoms with Crippen molar-refractivity contribution in [2.75, 3.05) is 0 Å². The molecule has 0 aliphatic carbocycles. The summed E-state index contributed by atoms with van der Waals surface area (Å²) in [5.41, 5.74) is 5.23. The maximum atomic E-state index is 12.3. The Hall–Kier alpha value is -2.12. The molecule has 0 fully saturated rings. The van der Waals surface area contributed by atoms with E-state index in [1.54, 1.807) is 12.1 Å². The van der Waals surface area contributed by atoms with Gasteiger partial charge in [-0.25, -0.2) is 5.43 Å². The molecular weight excluding hydrogens is 450 g/mol. The first-order chi connectivity index (χ1) is 12.0. The minimum Gasteiger partial charge on any atom is -0.507 e. The number of nitrogens with zero attached hydrogens (tertiary/aromatic N) is 1. The number of phenols is 1. The molecule has 0 atom stereocenters. The normalized spacial score (nSPS) is 11.7. The van der Waals surface area contributed by atoms with E-state index < -0.39 is 5.91 Å². The molecule has 0 saturated carbocycles. The minimum absolute atomic E-state index is 0.0931. The van der Waals surface area contributed by atoms with Crippen LogP contribution in [0.3, 0.4) is 0 Å². The Morgan fingerprint density at radius 1 is 1.16 bits per heavy atom. The van der Waals surface area contributed by atoms with Gasteiger partial charge in [0.1, 0.15) is 5.75 Å². The van der Waals surface area contributed by atoms with Crippen LogP contribution >= 0.6 is 31.9 Å². The smallest absolute Gasteiger partial charge is 0.275 e. The summed E-state index contributed by atoms with van der Waals surface area (Å²) in [6.45, 7) is 1.96. The molecule has 3 aromatic rings. The third-order valence-corrected chi connectivity index (χ3v) is 4.71. The monoisotopic (exact) mass is 463 g/mol. The van der Waals surface area contributed by atoms with Gasteiger partial charge in [0.25, 0.3) is 5.91 Å². The number of nitrogens with one attached hydrogen (secondary N) is 2. The van der Waals surface area contributed by atoms with Crippen LogP contribution < -0.4 is 5.43 Å². The van der Waals surface area contributed by atoms with E-state index in [0.717, 1.165) is 26.8 Å². The van der Waals surface area contributed by atoms with Gasteiger partial charge >= 0.3 is 0 Å². The van der Waals surface area contributed by atoms with Crippen LogP contribution in [0.1, 0.15) is 29.4 Å². The van der Waals surface area contributed by atoms with Gasteiger partial charge in [0.05, 0.1) is 17.0 Å². The number of aromatic hydroxyl groups is 1. The number of hydrogen-bond acceptors (Lipinski definition) is 3. The number of hydrazone groups is 1. The van der Waals surface area contributed by atoms with Gasteiger partial charge < -0.3 is 10.1 Å². The lowest BCUT2D eigenvalue weighted by Crippen LogP contribution is -2.20. The average molecular weight is 465 g/mol. The van der Waals surface area contributed by atoms with Crippen LogP contribution in [0.4, 0.5) is 0 Å². The van der Waals surface area contributed by atoms with Gasteiger partial charge in [-0.15, -0.1) is 0 Å². The number of aromatic amines is 1. The third-order valence-electron chi connectivity index (χ3n) is 3.72. The molecule has 0 unspecified atom stereocenters. The van der Waals surface area contributed by atoms with Crippen molar-refractivity contribution in [2.24, 2.45) is 5.10 Å². The van der Waals surface area contributed by atoms with Gasteiger partial charge in [-0.2, -0.15) is 5.10 Å². The first kappa shape index (κ1) is 17.7. The fourth-order valence-corrected chi connectivity index (χ4v) is 3.20. The van der Waals surface area contributed by atoms with Crippen molar-refractivity contribution in [2.45, 2.75) is 13.3 Å². The molecule has 0 bridgehead atoms. The zero-order valence-corrected chi connectivity index (χ0v) is 16.5. The van der Waals surface area contributed by atoms with Gasteiger partial charge in [-0.1, -0.05) is 38.8 Å².